The highest BCUT2D eigenvalue weighted by Crippen LogP contribution is 2.28. The van der Waals surface area contributed by atoms with Gasteiger partial charge >= 0.3 is 0 Å². The highest BCUT2D eigenvalue weighted by atomic mass is 32.2. The molecule has 1 atom stereocenters. The van der Waals surface area contributed by atoms with Gasteiger partial charge in [0.25, 0.3) is 0 Å². The Hall–Kier alpha value is -0.990. The Bertz CT molecular complexity index is 526. The van der Waals surface area contributed by atoms with E-state index in [1.165, 1.54) is 24.9 Å². The number of ether oxygens (including phenoxy) is 1. The molecule has 0 aliphatic carbocycles. The van der Waals surface area contributed by atoms with Crippen LogP contribution < -0.4 is 15.2 Å². The molecule has 0 spiro atoms. The molecule has 0 fully saturated rings. The summed E-state index contributed by atoms with van der Waals surface area (Å²) in [6.45, 7) is 2.15. The van der Waals surface area contributed by atoms with Gasteiger partial charge in [-0.3, -0.25) is 0 Å². The zero-order valence-corrected chi connectivity index (χ0v) is 12.6. The molecule has 0 bridgehead atoms. The first kappa shape index (κ1) is 16.1. The van der Waals surface area contributed by atoms with E-state index >= 15 is 0 Å². The molecule has 0 amide bonds. The Kier molecular flexibility index (Phi) is 5.45. The Morgan fingerprint density at radius 2 is 2.16 bits per heavy atom. The van der Waals surface area contributed by atoms with Crippen LogP contribution in [0.1, 0.15) is 6.92 Å². The lowest BCUT2D eigenvalue weighted by atomic mass is 10.3. The van der Waals surface area contributed by atoms with Crippen molar-refractivity contribution < 1.29 is 17.5 Å². The summed E-state index contributed by atoms with van der Waals surface area (Å²) in [6, 6.07) is 2.06. The molecule has 5 nitrogen and oxygen atoms in total. The van der Waals surface area contributed by atoms with Crippen molar-refractivity contribution in [2.75, 3.05) is 25.6 Å². The molecule has 0 aliphatic heterocycles. The standard InChI is InChI=1S/C11H17FN2O3S2/c1-7(18-3)6-14-19(15,16)8-4-9(12)11(17-2)10(13)5-8/h4-5,7,14H,6,13H2,1-3H3. The molecule has 108 valence electrons. The van der Waals surface area contributed by atoms with Gasteiger partial charge in [-0.1, -0.05) is 6.92 Å². The summed E-state index contributed by atoms with van der Waals surface area (Å²) in [7, 11) is -2.51. The first-order valence-electron chi connectivity index (χ1n) is 5.47. The second-order valence-electron chi connectivity index (χ2n) is 3.93. The van der Waals surface area contributed by atoms with E-state index in [-0.39, 0.29) is 28.1 Å². The highest BCUT2D eigenvalue weighted by Gasteiger charge is 2.19. The quantitative estimate of drug-likeness (QED) is 0.777. The summed E-state index contributed by atoms with van der Waals surface area (Å²) in [6.07, 6.45) is 1.88. The van der Waals surface area contributed by atoms with Gasteiger partial charge in [0.1, 0.15) is 0 Å². The molecule has 19 heavy (non-hydrogen) atoms. The van der Waals surface area contributed by atoms with Gasteiger partial charge in [-0.25, -0.2) is 17.5 Å². The number of anilines is 1. The molecule has 1 unspecified atom stereocenters. The van der Waals surface area contributed by atoms with Crippen LogP contribution in [0, 0.1) is 5.82 Å². The Labute approximate surface area is 116 Å². The van der Waals surface area contributed by atoms with Crippen molar-refractivity contribution in [2.24, 2.45) is 0 Å². The summed E-state index contributed by atoms with van der Waals surface area (Å²) >= 11 is 1.53. The van der Waals surface area contributed by atoms with Crippen LogP contribution in [0.3, 0.4) is 0 Å². The van der Waals surface area contributed by atoms with Crippen LogP contribution in [0.15, 0.2) is 17.0 Å². The number of nitrogen functional groups attached to an aromatic ring is 1. The van der Waals surface area contributed by atoms with Gasteiger partial charge in [-0.05, 0) is 18.4 Å². The SMILES string of the molecule is COc1c(N)cc(S(=O)(=O)NCC(C)SC)cc1F. The summed E-state index contributed by atoms with van der Waals surface area (Å²) < 4.78 is 44.7. The van der Waals surface area contributed by atoms with Crippen molar-refractivity contribution in [3.63, 3.8) is 0 Å². The van der Waals surface area contributed by atoms with Crippen molar-refractivity contribution in [1.82, 2.24) is 4.72 Å². The van der Waals surface area contributed by atoms with E-state index in [0.29, 0.717) is 0 Å². The van der Waals surface area contributed by atoms with E-state index in [2.05, 4.69) is 4.72 Å². The average Bonchev–Trinajstić information content (AvgIpc) is 2.35. The van der Waals surface area contributed by atoms with E-state index < -0.39 is 15.8 Å². The molecule has 0 aromatic heterocycles. The molecule has 0 aliphatic rings. The predicted molar refractivity (Wildman–Crippen MR) is 75.5 cm³/mol. The summed E-state index contributed by atoms with van der Waals surface area (Å²) in [5.41, 5.74) is 5.50. The van der Waals surface area contributed by atoms with Crippen LogP contribution in [0.2, 0.25) is 0 Å². The van der Waals surface area contributed by atoms with E-state index in [0.717, 1.165) is 6.07 Å². The number of benzene rings is 1. The molecule has 0 saturated heterocycles. The van der Waals surface area contributed by atoms with Gasteiger partial charge < -0.3 is 10.5 Å². The fourth-order valence-electron chi connectivity index (χ4n) is 1.35. The van der Waals surface area contributed by atoms with Gasteiger partial charge in [0.05, 0.1) is 17.7 Å². The van der Waals surface area contributed by atoms with Gasteiger partial charge in [0.2, 0.25) is 10.0 Å². The molecule has 1 rings (SSSR count). The lowest BCUT2D eigenvalue weighted by Crippen LogP contribution is -2.29. The zero-order valence-electron chi connectivity index (χ0n) is 10.9. The first-order chi connectivity index (χ1) is 8.81. The Morgan fingerprint density at radius 1 is 1.53 bits per heavy atom. The van der Waals surface area contributed by atoms with Crippen LogP contribution in [-0.2, 0) is 10.0 Å². The van der Waals surface area contributed by atoms with Crippen molar-refractivity contribution in [1.29, 1.82) is 0 Å². The zero-order chi connectivity index (χ0) is 14.6. The largest absolute Gasteiger partial charge is 0.492 e. The minimum Gasteiger partial charge on any atom is -0.492 e. The maximum atomic E-state index is 13.6. The van der Waals surface area contributed by atoms with Crippen LogP contribution >= 0.6 is 11.8 Å². The molecule has 1 aromatic carbocycles. The Balaban J connectivity index is 3.02. The fraction of sp³-hybridized carbons (Fsp3) is 0.455. The maximum Gasteiger partial charge on any atom is 0.240 e. The third-order valence-electron chi connectivity index (χ3n) is 2.52. The van der Waals surface area contributed by atoms with Crippen molar-refractivity contribution in [3.8, 4) is 5.75 Å². The van der Waals surface area contributed by atoms with Crippen LogP contribution in [0.5, 0.6) is 5.75 Å². The second-order valence-corrected chi connectivity index (χ2v) is 6.97. The molecule has 8 heteroatoms. The van der Waals surface area contributed by atoms with Gasteiger partial charge in [-0.2, -0.15) is 11.8 Å². The van der Waals surface area contributed by atoms with Gasteiger partial charge in [-0.15, -0.1) is 0 Å². The van der Waals surface area contributed by atoms with Crippen LogP contribution in [0.4, 0.5) is 10.1 Å². The third kappa shape index (κ3) is 3.99. The third-order valence-corrected chi connectivity index (χ3v) is 4.90. The van der Waals surface area contributed by atoms with E-state index in [1.54, 1.807) is 0 Å². The highest BCUT2D eigenvalue weighted by molar-refractivity contribution is 7.99. The number of rotatable bonds is 6. The van der Waals surface area contributed by atoms with E-state index in [1.807, 2.05) is 13.2 Å². The minimum absolute atomic E-state index is 0.0548. The van der Waals surface area contributed by atoms with Crippen molar-refractivity contribution in [3.05, 3.63) is 17.9 Å². The lowest BCUT2D eigenvalue weighted by molar-refractivity contribution is 0.388. The van der Waals surface area contributed by atoms with Crippen LogP contribution in [-0.4, -0.2) is 33.6 Å². The van der Waals surface area contributed by atoms with Gasteiger partial charge in [0.15, 0.2) is 11.6 Å². The van der Waals surface area contributed by atoms with Crippen molar-refractivity contribution >= 4 is 27.5 Å². The number of hydrogen-bond donors (Lipinski definition) is 2. The number of sulfonamides is 1. The summed E-state index contributed by atoms with van der Waals surface area (Å²) in [5.74, 6) is -0.961. The molecule has 3 N–H and O–H groups in total. The number of nitrogens with two attached hydrogens (primary N) is 1. The fourth-order valence-corrected chi connectivity index (χ4v) is 2.89. The monoisotopic (exact) mass is 308 g/mol. The summed E-state index contributed by atoms with van der Waals surface area (Å²) in [5, 5.41) is 0.121. The minimum atomic E-state index is -3.77. The molecular weight excluding hydrogens is 291 g/mol. The summed E-state index contributed by atoms with van der Waals surface area (Å²) in [4.78, 5) is -0.211. The number of hydrogen-bond acceptors (Lipinski definition) is 5. The maximum absolute atomic E-state index is 13.6. The topological polar surface area (TPSA) is 81.4 Å². The number of thioether (sulfide) groups is 1. The number of methoxy groups -OCH3 is 1. The number of nitrogens with one attached hydrogen (secondary N) is 1. The van der Waals surface area contributed by atoms with Gasteiger partial charge in [0, 0.05) is 11.8 Å². The smallest absolute Gasteiger partial charge is 0.240 e. The normalized spacial score (nSPS) is 13.3. The molecule has 0 saturated carbocycles. The molecule has 1 aromatic rings. The molecule has 0 radical (unpaired) electrons. The van der Waals surface area contributed by atoms with Crippen LogP contribution in [0.25, 0.3) is 0 Å². The predicted octanol–water partition coefficient (Wildman–Crippen LogP) is 1.45. The molecule has 0 heterocycles. The average molecular weight is 308 g/mol. The second kappa shape index (κ2) is 6.44. The number of halogens is 1. The lowest BCUT2D eigenvalue weighted by Gasteiger charge is -2.12. The van der Waals surface area contributed by atoms with E-state index in [4.69, 9.17) is 10.5 Å². The Morgan fingerprint density at radius 3 is 2.63 bits per heavy atom. The molecular formula is C11H17FN2O3S2. The van der Waals surface area contributed by atoms with E-state index in [9.17, 15) is 12.8 Å². The van der Waals surface area contributed by atoms with Crippen molar-refractivity contribution in [2.45, 2.75) is 17.1 Å². The first-order valence-corrected chi connectivity index (χ1v) is 8.24.